The Morgan fingerprint density at radius 3 is 1.55 bits per heavy atom. The molecule has 0 fully saturated rings. The lowest BCUT2D eigenvalue weighted by Crippen LogP contribution is -2.15. The molecule has 0 spiro atoms. The van der Waals surface area contributed by atoms with Gasteiger partial charge in [-0.1, -0.05) is 110 Å². The summed E-state index contributed by atoms with van der Waals surface area (Å²) >= 11 is 0. The molecule has 1 atom stereocenters. The molecule has 0 radical (unpaired) electrons. The number of hydrogen-bond acceptors (Lipinski definition) is 4. The molecule has 0 aliphatic carbocycles. The van der Waals surface area contributed by atoms with E-state index in [0.29, 0.717) is 25.9 Å². The van der Waals surface area contributed by atoms with Crippen molar-refractivity contribution >= 4 is 11.9 Å². The van der Waals surface area contributed by atoms with E-state index in [9.17, 15) is 9.59 Å². The van der Waals surface area contributed by atoms with E-state index >= 15 is 0 Å². The summed E-state index contributed by atoms with van der Waals surface area (Å²) < 4.78 is 10.6. The van der Waals surface area contributed by atoms with E-state index < -0.39 is 0 Å². The Morgan fingerprint density at radius 2 is 1.03 bits per heavy atom. The highest BCUT2D eigenvalue weighted by Crippen LogP contribution is 2.13. The maximum absolute atomic E-state index is 11.7. The smallest absolute Gasteiger partial charge is 0.306 e. The summed E-state index contributed by atoms with van der Waals surface area (Å²) in [4.78, 5) is 23.5. The molecule has 0 aromatic carbocycles. The van der Waals surface area contributed by atoms with Gasteiger partial charge in [-0.3, -0.25) is 9.59 Å². The molecule has 1 unspecified atom stereocenters. The summed E-state index contributed by atoms with van der Waals surface area (Å²) in [6.07, 6.45) is 22.6. The molecular formula is C27H52O4. The van der Waals surface area contributed by atoms with Gasteiger partial charge in [-0.25, -0.2) is 0 Å². The van der Waals surface area contributed by atoms with Crippen molar-refractivity contribution in [1.82, 2.24) is 0 Å². The minimum atomic E-state index is -0.205. The highest BCUT2D eigenvalue weighted by molar-refractivity contribution is 5.72. The fourth-order valence-corrected chi connectivity index (χ4v) is 3.77. The highest BCUT2D eigenvalue weighted by Gasteiger charge is 2.10. The molecule has 0 saturated carbocycles. The van der Waals surface area contributed by atoms with Gasteiger partial charge in [0, 0.05) is 12.8 Å². The normalized spacial score (nSPS) is 12.0. The number of carbonyl (C=O) groups is 2. The molecular weight excluding hydrogens is 388 g/mol. The van der Waals surface area contributed by atoms with Crippen molar-refractivity contribution in [2.24, 2.45) is 0 Å². The zero-order valence-electron chi connectivity index (χ0n) is 21.1. The summed E-state index contributed by atoms with van der Waals surface area (Å²) in [5.74, 6) is -0.398. The van der Waals surface area contributed by atoms with Crippen LogP contribution < -0.4 is 0 Å². The Labute approximate surface area is 193 Å². The Kier molecular flexibility index (Phi) is 22.8. The Hall–Kier alpha value is -1.06. The maximum atomic E-state index is 11.7. The highest BCUT2D eigenvalue weighted by atomic mass is 16.5. The van der Waals surface area contributed by atoms with Crippen LogP contribution in [0.1, 0.15) is 149 Å². The first-order valence-electron chi connectivity index (χ1n) is 13.4. The molecule has 184 valence electrons. The number of unbranched alkanes of at least 4 members (excludes halogenated alkanes) is 14. The molecule has 31 heavy (non-hydrogen) atoms. The molecule has 0 heterocycles. The summed E-state index contributed by atoms with van der Waals surface area (Å²) in [6.45, 7) is 6.83. The van der Waals surface area contributed by atoms with Crippen molar-refractivity contribution in [3.05, 3.63) is 0 Å². The molecule has 0 N–H and O–H groups in total. The van der Waals surface area contributed by atoms with Gasteiger partial charge in [-0.15, -0.1) is 0 Å². The van der Waals surface area contributed by atoms with Crippen molar-refractivity contribution in [2.45, 2.75) is 155 Å². The second-order valence-electron chi connectivity index (χ2n) is 9.11. The summed E-state index contributed by atoms with van der Waals surface area (Å²) in [5, 5.41) is 0. The molecule has 0 bridgehead atoms. The van der Waals surface area contributed by atoms with E-state index in [0.717, 1.165) is 32.1 Å². The van der Waals surface area contributed by atoms with Crippen LogP contribution in [0.3, 0.4) is 0 Å². The van der Waals surface area contributed by atoms with Crippen molar-refractivity contribution in [3.8, 4) is 0 Å². The second kappa shape index (κ2) is 23.6. The summed E-state index contributed by atoms with van der Waals surface area (Å²) in [6, 6.07) is 0. The van der Waals surface area contributed by atoms with Gasteiger partial charge in [-0.05, 0) is 26.2 Å². The van der Waals surface area contributed by atoms with Crippen LogP contribution >= 0.6 is 0 Å². The van der Waals surface area contributed by atoms with Gasteiger partial charge in [0.1, 0.15) is 0 Å². The standard InChI is InChI=1S/C27H52O4/c1-4-6-8-9-10-11-12-13-14-15-16-17-18-19-24-30-26(28)22-20-23-27(29)31-25(3)21-7-5-2/h25H,4-24H2,1-3H3. The van der Waals surface area contributed by atoms with Crippen molar-refractivity contribution in [3.63, 3.8) is 0 Å². The topological polar surface area (TPSA) is 52.6 Å². The Balaban J connectivity index is 3.31. The molecule has 0 aliphatic rings. The minimum absolute atomic E-state index is 0.0280. The average molecular weight is 441 g/mol. The van der Waals surface area contributed by atoms with Crippen LogP contribution in [0.5, 0.6) is 0 Å². The SMILES string of the molecule is CCCCCCCCCCCCCCCCOC(=O)CCCC(=O)OC(C)CCCC. The predicted molar refractivity (Wildman–Crippen MR) is 130 cm³/mol. The van der Waals surface area contributed by atoms with Gasteiger partial charge in [0.25, 0.3) is 0 Å². The van der Waals surface area contributed by atoms with E-state index in [1.165, 1.54) is 77.0 Å². The fraction of sp³-hybridized carbons (Fsp3) is 0.926. The third-order valence-electron chi connectivity index (χ3n) is 5.82. The lowest BCUT2D eigenvalue weighted by molar-refractivity contribution is -0.149. The fourth-order valence-electron chi connectivity index (χ4n) is 3.77. The molecule has 0 amide bonds. The van der Waals surface area contributed by atoms with E-state index in [-0.39, 0.29) is 18.0 Å². The van der Waals surface area contributed by atoms with Crippen LogP contribution in [0, 0.1) is 0 Å². The molecule has 0 saturated heterocycles. The first-order valence-corrected chi connectivity index (χ1v) is 13.4. The van der Waals surface area contributed by atoms with Crippen LogP contribution in [0.2, 0.25) is 0 Å². The van der Waals surface area contributed by atoms with Crippen LogP contribution in [0.15, 0.2) is 0 Å². The zero-order chi connectivity index (χ0) is 23.0. The average Bonchev–Trinajstić information content (AvgIpc) is 2.75. The molecule has 0 aliphatic heterocycles. The predicted octanol–water partition coefficient (Wildman–Crippen LogP) is 8.30. The third-order valence-corrected chi connectivity index (χ3v) is 5.82. The number of esters is 2. The van der Waals surface area contributed by atoms with E-state index in [1.54, 1.807) is 0 Å². The van der Waals surface area contributed by atoms with Crippen LogP contribution in [0.4, 0.5) is 0 Å². The summed E-state index contributed by atoms with van der Waals surface area (Å²) in [7, 11) is 0. The Morgan fingerprint density at radius 1 is 0.581 bits per heavy atom. The van der Waals surface area contributed by atoms with Crippen molar-refractivity contribution in [2.75, 3.05) is 6.61 Å². The van der Waals surface area contributed by atoms with Gasteiger partial charge in [0.05, 0.1) is 12.7 Å². The molecule has 0 aromatic heterocycles. The van der Waals surface area contributed by atoms with Gasteiger partial charge >= 0.3 is 11.9 Å². The van der Waals surface area contributed by atoms with Crippen LogP contribution in [-0.2, 0) is 19.1 Å². The van der Waals surface area contributed by atoms with Crippen LogP contribution in [0.25, 0.3) is 0 Å². The lowest BCUT2D eigenvalue weighted by atomic mass is 10.0. The number of rotatable bonds is 23. The molecule has 4 heteroatoms. The van der Waals surface area contributed by atoms with Gasteiger partial charge in [0.15, 0.2) is 0 Å². The van der Waals surface area contributed by atoms with Crippen molar-refractivity contribution < 1.29 is 19.1 Å². The number of hydrogen-bond donors (Lipinski definition) is 0. The lowest BCUT2D eigenvalue weighted by Gasteiger charge is -2.12. The third kappa shape index (κ3) is 23.4. The monoisotopic (exact) mass is 440 g/mol. The quantitative estimate of drug-likeness (QED) is 0.118. The van der Waals surface area contributed by atoms with Gasteiger partial charge in [0.2, 0.25) is 0 Å². The van der Waals surface area contributed by atoms with Crippen LogP contribution in [-0.4, -0.2) is 24.6 Å². The molecule has 0 rings (SSSR count). The van der Waals surface area contributed by atoms with Gasteiger partial charge in [-0.2, -0.15) is 0 Å². The van der Waals surface area contributed by atoms with E-state index in [4.69, 9.17) is 9.47 Å². The zero-order valence-corrected chi connectivity index (χ0v) is 21.1. The summed E-state index contributed by atoms with van der Waals surface area (Å²) in [5.41, 5.74) is 0. The first kappa shape index (κ1) is 29.9. The number of ether oxygens (including phenoxy) is 2. The van der Waals surface area contributed by atoms with E-state index in [2.05, 4.69) is 13.8 Å². The van der Waals surface area contributed by atoms with Crippen molar-refractivity contribution in [1.29, 1.82) is 0 Å². The van der Waals surface area contributed by atoms with E-state index in [1.807, 2.05) is 6.92 Å². The first-order chi connectivity index (χ1) is 15.1. The molecule has 0 aromatic rings. The minimum Gasteiger partial charge on any atom is -0.466 e. The number of carbonyl (C=O) groups excluding carboxylic acids is 2. The largest absolute Gasteiger partial charge is 0.466 e. The Bertz CT molecular complexity index is 408. The molecule has 4 nitrogen and oxygen atoms in total. The van der Waals surface area contributed by atoms with Gasteiger partial charge < -0.3 is 9.47 Å². The maximum Gasteiger partial charge on any atom is 0.306 e. The second-order valence-corrected chi connectivity index (χ2v) is 9.11.